The Balaban J connectivity index is 1.85. The van der Waals surface area contributed by atoms with E-state index < -0.39 is 23.9 Å². The Hall–Kier alpha value is -2.89. The van der Waals surface area contributed by atoms with Crippen LogP contribution >= 0.6 is 34.3 Å². The number of nitrogens with two attached hydrogens (primary N) is 1. The van der Waals surface area contributed by atoms with E-state index in [9.17, 15) is 18.4 Å². The van der Waals surface area contributed by atoms with E-state index in [1.165, 1.54) is 28.3 Å². The molecule has 166 valence electrons. The molecule has 0 aliphatic rings. The summed E-state index contributed by atoms with van der Waals surface area (Å²) in [5.74, 6) is -1.29. The number of amides is 2. The number of primary amides is 1. The standard InChI is InChI=1S/C20H16ClF2N5O2S2/c1-8-3-4-13(31-8)10-5-12(18(22)23)25-20-15(10)16(17(32-20)19(24)30)26-14(29)7-28-6-11(21)9(2)27-28/h3-6,18H,7H2,1-2H3,(H2,24,30)(H,26,29). The topological polar surface area (TPSA) is 103 Å². The Morgan fingerprint density at radius 3 is 2.59 bits per heavy atom. The number of thiophene rings is 2. The Kier molecular flexibility index (Phi) is 5.97. The zero-order valence-electron chi connectivity index (χ0n) is 16.8. The van der Waals surface area contributed by atoms with Gasteiger partial charge in [0.2, 0.25) is 5.91 Å². The molecule has 0 aliphatic heterocycles. The van der Waals surface area contributed by atoms with Crippen molar-refractivity contribution in [3.8, 4) is 10.4 Å². The summed E-state index contributed by atoms with van der Waals surface area (Å²) >= 11 is 8.25. The number of hydrogen-bond donors (Lipinski definition) is 2. The number of fused-ring (bicyclic) bond motifs is 1. The first kappa shape index (κ1) is 22.3. The summed E-state index contributed by atoms with van der Waals surface area (Å²) in [6.45, 7) is 3.43. The van der Waals surface area contributed by atoms with Gasteiger partial charge in [0.15, 0.2) is 0 Å². The van der Waals surface area contributed by atoms with Crippen molar-refractivity contribution in [3.63, 3.8) is 0 Å². The SMILES string of the molecule is Cc1ccc(-c2cc(C(F)F)nc3sc(C(N)=O)c(NC(=O)Cn4cc(Cl)c(C)n4)c23)s1. The van der Waals surface area contributed by atoms with Gasteiger partial charge in [-0.25, -0.2) is 13.8 Å². The zero-order chi connectivity index (χ0) is 23.2. The van der Waals surface area contributed by atoms with E-state index in [0.29, 0.717) is 26.5 Å². The van der Waals surface area contributed by atoms with Gasteiger partial charge >= 0.3 is 0 Å². The van der Waals surface area contributed by atoms with Gasteiger partial charge in [-0.2, -0.15) is 5.10 Å². The first-order valence-electron chi connectivity index (χ1n) is 9.25. The summed E-state index contributed by atoms with van der Waals surface area (Å²) in [5.41, 5.74) is 6.27. The minimum Gasteiger partial charge on any atom is -0.365 e. The molecule has 4 heterocycles. The summed E-state index contributed by atoms with van der Waals surface area (Å²) in [6, 6.07) is 4.94. The number of rotatable bonds is 6. The maximum atomic E-state index is 13.5. The van der Waals surface area contributed by atoms with E-state index in [2.05, 4.69) is 15.4 Å². The number of nitrogens with one attached hydrogen (secondary N) is 1. The number of aromatic nitrogens is 3. The highest BCUT2D eigenvalue weighted by molar-refractivity contribution is 7.21. The van der Waals surface area contributed by atoms with Crippen LogP contribution < -0.4 is 11.1 Å². The Morgan fingerprint density at radius 2 is 2.03 bits per heavy atom. The molecule has 4 aromatic rings. The Labute approximate surface area is 193 Å². The Morgan fingerprint density at radius 1 is 1.28 bits per heavy atom. The van der Waals surface area contributed by atoms with Crippen LogP contribution in [0.5, 0.6) is 0 Å². The Bertz CT molecular complexity index is 1340. The zero-order valence-corrected chi connectivity index (χ0v) is 19.2. The number of hydrogen-bond acceptors (Lipinski definition) is 6. The fourth-order valence-electron chi connectivity index (χ4n) is 3.20. The molecule has 4 rings (SSSR count). The highest BCUT2D eigenvalue weighted by atomic mass is 35.5. The molecule has 4 aromatic heterocycles. The lowest BCUT2D eigenvalue weighted by molar-refractivity contribution is -0.116. The largest absolute Gasteiger partial charge is 0.365 e. The maximum absolute atomic E-state index is 13.5. The van der Waals surface area contributed by atoms with Crippen molar-refractivity contribution in [2.24, 2.45) is 5.73 Å². The third kappa shape index (κ3) is 4.23. The maximum Gasteiger partial charge on any atom is 0.280 e. The van der Waals surface area contributed by atoms with E-state index in [0.717, 1.165) is 16.2 Å². The normalized spacial score (nSPS) is 11.4. The molecule has 0 spiro atoms. The monoisotopic (exact) mass is 495 g/mol. The number of alkyl halides is 2. The minimum absolute atomic E-state index is 0.0245. The average molecular weight is 496 g/mol. The van der Waals surface area contributed by atoms with Crippen LogP contribution in [0, 0.1) is 13.8 Å². The van der Waals surface area contributed by atoms with Crippen LogP contribution in [0.3, 0.4) is 0 Å². The molecule has 0 bridgehead atoms. The third-order valence-corrected chi connectivity index (χ3v) is 7.09. The number of carbonyl (C=O) groups is 2. The lowest BCUT2D eigenvalue weighted by Gasteiger charge is -2.10. The van der Waals surface area contributed by atoms with Gasteiger partial charge in [-0.15, -0.1) is 22.7 Å². The van der Waals surface area contributed by atoms with Crippen LogP contribution in [0.25, 0.3) is 20.7 Å². The highest BCUT2D eigenvalue weighted by Gasteiger charge is 2.25. The van der Waals surface area contributed by atoms with Gasteiger partial charge in [-0.3, -0.25) is 14.3 Å². The fraction of sp³-hybridized carbons (Fsp3) is 0.200. The van der Waals surface area contributed by atoms with Gasteiger partial charge in [-0.05, 0) is 32.0 Å². The van der Waals surface area contributed by atoms with Gasteiger partial charge in [0.25, 0.3) is 12.3 Å². The lowest BCUT2D eigenvalue weighted by atomic mass is 10.1. The van der Waals surface area contributed by atoms with Crippen molar-refractivity contribution in [1.82, 2.24) is 14.8 Å². The number of anilines is 1. The number of aryl methyl sites for hydroxylation is 2. The van der Waals surface area contributed by atoms with E-state index in [1.807, 2.05) is 13.0 Å². The molecule has 12 heteroatoms. The molecular weight excluding hydrogens is 480 g/mol. The van der Waals surface area contributed by atoms with Crippen molar-refractivity contribution < 1.29 is 18.4 Å². The summed E-state index contributed by atoms with van der Waals surface area (Å²) < 4.78 is 28.4. The van der Waals surface area contributed by atoms with E-state index >= 15 is 0 Å². The quantitative estimate of drug-likeness (QED) is 0.385. The van der Waals surface area contributed by atoms with Crippen LogP contribution in [0.1, 0.15) is 32.4 Å². The summed E-state index contributed by atoms with van der Waals surface area (Å²) in [7, 11) is 0. The molecule has 0 saturated heterocycles. The van der Waals surface area contributed by atoms with Crippen molar-refractivity contribution in [2.75, 3.05) is 5.32 Å². The van der Waals surface area contributed by atoms with Crippen molar-refractivity contribution in [2.45, 2.75) is 26.8 Å². The number of halogens is 3. The molecule has 0 fully saturated rings. The summed E-state index contributed by atoms with van der Waals surface area (Å²) in [6.07, 6.45) is -1.29. The highest BCUT2D eigenvalue weighted by Crippen LogP contribution is 2.44. The molecule has 0 aliphatic carbocycles. The van der Waals surface area contributed by atoms with Gasteiger partial charge in [-0.1, -0.05) is 11.6 Å². The molecule has 2 amide bonds. The van der Waals surface area contributed by atoms with E-state index in [-0.39, 0.29) is 21.9 Å². The van der Waals surface area contributed by atoms with Crippen LogP contribution in [0.2, 0.25) is 5.02 Å². The molecule has 0 aromatic carbocycles. The lowest BCUT2D eigenvalue weighted by Crippen LogP contribution is -2.21. The van der Waals surface area contributed by atoms with Gasteiger partial charge in [0.05, 0.1) is 16.4 Å². The van der Waals surface area contributed by atoms with Crippen molar-refractivity contribution in [3.05, 3.63) is 50.6 Å². The number of pyridine rings is 1. The molecule has 0 atom stereocenters. The van der Waals surface area contributed by atoms with Crippen LogP contribution in [-0.4, -0.2) is 26.6 Å². The second-order valence-corrected chi connectivity index (χ2v) is 9.66. The molecule has 3 N–H and O–H groups in total. The predicted octanol–water partition coefficient (Wildman–Crippen LogP) is 5.17. The number of nitrogens with zero attached hydrogens (tertiary/aromatic N) is 3. The molecule has 32 heavy (non-hydrogen) atoms. The van der Waals surface area contributed by atoms with Gasteiger partial charge < -0.3 is 11.1 Å². The molecule has 7 nitrogen and oxygen atoms in total. The second kappa shape index (κ2) is 8.57. The first-order valence-corrected chi connectivity index (χ1v) is 11.3. The minimum atomic E-state index is -2.80. The van der Waals surface area contributed by atoms with Crippen LogP contribution in [-0.2, 0) is 11.3 Å². The summed E-state index contributed by atoms with van der Waals surface area (Å²) in [4.78, 5) is 30.8. The van der Waals surface area contributed by atoms with Crippen molar-refractivity contribution >= 4 is 62.0 Å². The summed E-state index contributed by atoms with van der Waals surface area (Å²) in [5, 5.41) is 7.64. The first-order chi connectivity index (χ1) is 15.1. The van der Waals surface area contributed by atoms with Crippen LogP contribution in [0.4, 0.5) is 14.5 Å². The van der Waals surface area contributed by atoms with Crippen LogP contribution in [0.15, 0.2) is 24.4 Å². The molecule has 0 radical (unpaired) electrons. The average Bonchev–Trinajstić information content (AvgIpc) is 3.39. The fourth-order valence-corrected chi connectivity index (χ4v) is 5.25. The van der Waals surface area contributed by atoms with Crippen molar-refractivity contribution in [1.29, 1.82) is 0 Å². The van der Waals surface area contributed by atoms with E-state index in [4.69, 9.17) is 17.3 Å². The smallest absolute Gasteiger partial charge is 0.280 e. The molecule has 0 saturated carbocycles. The molecular formula is C20H16ClF2N5O2S2. The van der Waals surface area contributed by atoms with E-state index in [1.54, 1.807) is 13.0 Å². The number of carbonyl (C=O) groups excluding carboxylic acids is 2. The predicted molar refractivity (Wildman–Crippen MR) is 122 cm³/mol. The second-order valence-electron chi connectivity index (χ2n) is 6.96. The van der Waals surface area contributed by atoms with Gasteiger partial charge in [0.1, 0.15) is 21.9 Å². The molecule has 0 unspecified atom stereocenters. The van der Waals surface area contributed by atoms with Gasteiger partial charge in [0, 0.05) is 26.9 Å². The third-order valence-electron chi connectivity index (χ3n) is 4.59.